The summed E-state index contributed by atoms with van der Waals surface area (Å²) in [7, 11) is 0. The van der Waals surface area contributed by atoms with Gasteiger partial charge >= 0.3 is 0 Å². The van der Waals surface area contributed by atoms with Crippen molar-refractivity contribution < 1.29 is 0 Å². The van der Waals surface area contributed by atoms with Gasteiger partial charge in [0, 0.05) is 16.7 Å². The molecule has 5 aromatic carbocycles. The monoisotopic (exact) mass is 457 g/mol. The van der Waals surface area contributed by atoms with Gasteiger partial charge in [0.05, 0.1) is 34.9 Å². The number of fused-ring (bicyclic) bond motifs is 6. The zero-order valence-electron chi connectivity index (χ0n) is 19.3. The van der Waals surface area contributed by atoms with E-state index in [9.17, 15) is 5.26 Å². The molecular weight excluding hydrogens is 438 g/mol. The number of aromatic nitrogens is 1. The maximum Gasteiger partial charge on any atom is 0.192 e. The van der Waals surface area contributed by atoms with Gasteiger partial charge in [-0.1, -0.05) is 84.9 Å². The largest absolute Gasteiger partial charge is 0.308 e. The highest BCUT2D eigenvalue weighted by atomic mass is 15.0. The highest BCUT2D eigenvalue weighted by Gasteiger charge is 2.32. The molecule has 0 atom stereocenters. The molecule has 1 aliphatic carbocycles. The normalized spacial score (nSPS) is 12.3. The predicted octanol–water partition coefficient (Wildman–Crippen LogP) is 8.37. The van der Waals surface area contributed by atoms with Crippen LogP contribution >= 0.6 is 0 Å². The molecule has 0 bridgehead atoms. The van der Waals surface area contributed by atoms with Gasteiger partial charge in [-0.3, -0.25) is 0 Å². The Bertz CT molecular complexity index is 1830. The average molecular weight is 458 g/mol. The second kappa shape index (κ2) is 7.70. The van der Waals surface area contributed by atoms with Crippen LogP contribution in [0.5, 0.6) is 0 Å². The van der Waals surface area contributed by atoms with Crippen LogP contribution in [-0.2, 0) is 0 Å². The van der Waals surface area contributed by atoms with Gasteiger partial charge in [-0.15, -0.1) is 0 Å². The fourth-order valence-corrected chi connectivity index (χ4v) is 5.87. The van der Waals surface area contributed by atoms with Crippen LogP contribution in [0, 0.1) is 17.9 Å². The fourth-order valence-electron chi connectivity index (χ4n) is 5.87. The summed E-state index contributed by atoms with van der Waals surface area (Å²) < 4.78 is 2.17. The van der Waals surface area contributed by atoms with E-state index in [2.05, 4.69) is 94.3 Å². The number of rotatable bonds is 2. The third kappa shape index (κ3) is 2.72. The molecule has 0 unspecified atom stereocenters. The van der Waals surface area contributed by atoms with Crippen molar-refractivity contribution in [2.75, 3.05) is 0 Å². The lowest BCUT2D eigenvalue weighted by molar-refractivity contribution is 1.01. The molecule has 7 rings (SSSR count). The average Bonchev–Trinajstić information content (AvgIpc) is 3.45. The lowest BCUT2D eigenvalue weighted by Crippen LogP contribution is -2.04. The third-order valence-corrected chi connectivity index (χ3v) is 7.35. The standard InChI is InChI=1S/C33H19N3/c1-35-29-18-21(20-34)32(36-30-16-8-6-12-24(30)25-13-7-9-17-31(25)36)19-28(29)33-26-14-4-2-10-22(26)23-11-3-5-15-27(23)33/h2-19,33H. The SMILES string of the molecule is [C-]#[N+]c1cc(C#N)c(-n2c3ccccc3c3ccccc32)cc1C1c2ccccc2-c2ccccc21. The van der Waals surface area contributed by atoms with Crippen LogP contribution < -0.4 is 0 Å². The fraction of sp³-hybridized carbons (Fsp3) is 0.0303. The Morgan fingerprint density at radius 3 is 1.75 bits per heavy atom. The molecule has 0 amide bonds. The van der Waals surface area contributed by atoms with Crippen LogP contribution in [0.2, 0.25) is 0 Å². The number of hydrogen-bond acceptors (Lipinski definition) is 1. The van der Waals surface area contributed by atoms with Gasteiger partial charge in [0.1, 0.15) is 0 Å². The maximum atomic E-state index is 10.2. The van der Waals surface area contributed by atoms with Crippen LogP contribution in [-0.4, -0.2) is 4.57 Å². The first-order valence-electron chi connectivity index (χ1n) is 11.9. The maximum absolute atomic E-state index is 10.2. The quantitative estimate of drug-likeness (QED) is 0.240. The van der Waals surface area contributed by atoms with E-state index in [0.29, 0.717) is 11.3 Å². The summed E-state index contributed by atoms with van der Waals surface area (Å²) >= 11 is 0. The van der Waals surface area contributed by atoms with E-state index in [4.69, 9.17) is 6.57 Å². The smallest absolute Gasteiger partial charge is 0.192 e. The number of para-hydroxylation sites is 2. The van der Waals surface area contributed by atoms with Crippen molar-refractivity contribution in [1.82, 2.24) is 4.57 Å². The van der Waals surface area contributed by atoms with Gasteiger partial charge in [0.25, 0.3) is 0 Å². The van der Waals surface area contributed by atoms with Gasteiger partial charge in [-0.05, 0) is 52.1 Å². The minimum absolute atomic E-state index is 0.0684. The van der Waals surface area contributed by atoms with E-state index in [1.165, 1.54) is 22.3 Å². The van der Waals surface area contributed by atoms with Gasteiger partial charge in [0.15, 0.2) is 5.69 Å². The van der Waals surface area contributed by atoms with Crippen LogP contribution in [0.15, 0.2) is 109 Å². The van der Waals surface area contributed by atoms with Crippen molar-refractivity contribution in [3.63, 3.8) is 0 Å². The van der Waals surface area contributed by atoms with Crippen molar-refractivity contribution in [2.45, 2.75) is 5.92 Å². The molecule has 3 heteroatoms. The molecule has 0 radical (unpaired) electrons. The number of nitriles is 1. The zero-order chi connectivity index (χ0) is 24.2. The number of benzene rings is 5. The summed E-state index contributed by atoms with van der Waals surface area (Å²) in [5.74, 6) is -0.0684. The highest BCUT2D eigenvalue weighted by Crippen LogP contribution is 2.50. The van der Waals surface area contributed by atoms with E-state index in [0.717, 1.165) is 33.1 Å². The Labute approximate surface area is 208 Å². The number of hydrogen-bond donors (Lipinski definition) is 0. The van der Waals surface area contributed by atoms with Gasteiger partial charge in [-0.25, -0.2) is 4.85 Å². The van der Waals surface area contributed by atoms with Gasteiger partial charge in [-0.2, -0.15) is 5.26 Å². The van der Waals surface area contributed by atoms with Crippen molar-refractivity contribution >= 4 is 27.5 Å². The molecule has 0 saturated heterocycles. The highest BCUT2D eigenvalue weighted by molar-refractivity contribution is 6.09. The van der Waals surface area contributed by atoms with Crippen molar-refractivity contribution in [3.05, 3.63) is 143 Å². The van der Waals surface area contributed by atoms with Crippen molar-refractivity contribution in [2.24, 2.45) is 0 Å². The molecule has 0 spiro atoms. The van der Waals surface area contributed by atoms with E-state index >= 15 is 0 Å². The van der Waals surface area contributed by atoms with Crippen LogP contribution in [0.3, 0.4) is 0 Å². The minimum Gasteiger partial charge on any atom is -0.308 e. The van der Waals surface area contributed by atoms with Gasteiger partial charge in [0.2, 0.25) is 0 Å². The molecule has 1 heterocycles. The molecule has 1 aromatic heterocycles. The Morgan fingerprint density at radius 1 is 0.667 bits per heavy atom. The Hall–Kier alpha value is -5.12. The molecule has 166 valence electrons. The summed E-state index contributed by atoms with van der Waals surface area (Å²) in [6.45, 7) is 8.00. The molecule has 0 aliphatic heterocycles. The Morgan fingerprint density at radius 2 is 1.19 bits per heavy atom. The summed E-state index contributed by atoms with van der Waals surface area (Å²) in [5.41, 5.74) is 9.64. The van der Waals surface area contributed by atoms with Crippen LogP contribution in [0.4, 0.5) is 5.69 Å². The summed E-state index contributed by atoms with van der Waals surface area (Å²) in [6, 6.07) is 39.7. The molecule has 1 aliphatic rings. The molecule has 0 N–H and O–H groups in total. The molecular formula is C33H19N3. The first-order chi connectivity index (χ1) is 17.8. The van der Waals surface area contributed by atoms with E-state index in [-0.39, 0.29) is 5.92 Å². The topological polar surface area (TPSA) is 33.1 Å². The van der Waals surface area contributed by atoms with Gasteiger partial charge < -0.3 is 4.57 Å². The lowest BCUT2D eigenvalue weighted by atomic mass is 9.87. The second-order valence-electron chi connectivity index (χ2n) is 9.13. The molecule has 36 heavy (non-hydrogen) atoms. The predicted molar refractivity (Wildman–Crippen MR) is 145 cm³/mol. The first-order valence-corrected chi connectivity index (χ1v) is 11.9. The first kappa shape index (κ1) is 20.3. The van der Waals surface area contributed by atoms with Crippen molar-refractivity contribution in [1.29, 1.82) is 5.26 Å². The van der Waals surface area contributed by atoms with E-state index in [1.807, 2.05) is 24.3 Å². The number of nitrogens with zero attached hydrogens (tertiary/aromatic N) is 3. The van der Waals surface area contributed by atoms with E-state index in [1.54, 1.807) is 6.07 Å². The molecule has 3 nitrogen and oxygen atoms in total. The molecule has 0 saturated carbocycles. The third-order valence-electron chi connectivity index (χ3n) is 7.35. The minimum atomic E-state index is -0.0684. The summed E-state index contributed by atoms with van der Waals surface area (Å²) in [4.78, 5) is 3.91. The molecule has 0 fully saturated rings. The summed E-state index contributed by atoms with van der Waals surface area (Å²) in [6.07, 6.45) is 0. The lowest BCUT2D eigenvalue weighted by Gasteiger charge is -2.19. The molecule has 6 aromatic rings. The van der Waals surface area contributed by atoms with Crippen LogP contribution in [0.25, 0.3) is 43.5 Å². The zero-order valence-corrected chi connectivity index (χ0v) is 19.3. The van der Waals surface area contributed by atoms with E-state index < -0.39 is 0 Å². The summed E-state index contributed by atoms with van der Waals surface area (Å²) in [5, 5.41) is 12.5. The Kier molecular flexibility index (Phi) is 4.34. The van der Waals surface area contributed by atoms with Crippen molar-refractivity contribution in [3.8, 4) is 22.9 Å². The Balaban J connectivity index is 1.58. The second-order valence-corrected chi connectivity index (χ2v) is 9.13. The van der Waals surface area contributed by atoms with Crippen LogP contribution in [0.1, 0.15) is 28.2 Å².